The number of hydrogen-bond acceptors (Lipinski definition) is 6. The number of halogens is 2. The van der Waals surface area contributed by atoms with Crippen molar-refractivity contribution in [3.8, 4) is 0 Å². The molecular formula is C24H33ClFN3O5. The molecule has 3 rings (SSSR count). The summed E-state index contributed by atoms with van der Waals surface area (Å²) < 4.78 is 18.4. The van der Waals surface area contributed by atoms with E-state index in [1.165, 1.54) is 24.3 Å². The molecule has 0 spiro atoms. The highest BCUT2D eigenvalue weighted by Crippen LogP contribution is 2.19. The van der Waals surface area contributed by atoms with Gasteiger partial charge in [0.2, 0.25) is 11.8 Å². The van der Waals surface area contributed by atoms with Gasteiger partial charge < -0.3 is 24.7 Å². The predicted octanol–water partition coefficient (Wildman–Crippen LogP) is 1.24. The van der Waals surface area contributed by atoms with Gasteiger partial charge in [0.15, 0.2) is 0 Å². The fourth-order valence-electron chi connectivity index (χ4n) is 4.40. The molecule has 2 saturated heterocycles. The van der Waals surface area contributed by atoms with E-state index in [0.29, 0.717) is 38.3 Å². The lowest BCUT2D eigenvalue weighted by Crippen LogP contribution is -2.50. The van der Waals surface area contributed by atoms with E-state index >= 15 is 0 Å². The highest BCUT2D eigenvalue weighted by molar-refractivity contribution is 6.30. The lowest BCUT2D eigenvalue weighted by molar-refractivity contribution is -0.132. The monoisotopic (exact) mass is 497 g/mol. The van der Waals surface area contributed by atoms with Crippen molar-refractivity contribution in [2.45, 2.75) is 25.0 Å². The van der Waals surface area contributed by atoms with E-state index in [4.69, 9.17) is 16.3 Å². The molecule has 0 unspecified atom stereocenters. The average Bonchev–Trinajstić information content (AvgIpc) is 2.98. The second kappa shape index (κ2) is 12.6. The number of β-amino-alcohol motifs (C(OH)–C–C–N with tert-alkyl or cyclic N) is 2. The summed E-state index contributed by atoms with van der Waals surface area (Å²) in [6.07, 6.45) is 2.66. The number of nitrogens with zero attached hydrogens (tertiary/aromatic N) is 3. The first kappa shape index (κ1) is 26.6. The third kappa shape index (κ3) is 7.48. The molecule has 3 atom stereocenters. The van der Waals surface area contributed by atoms with Gasteiger partial charge in [0.25, 0.3) is 0 Å². The number of likely N-dealkylation sites (tertiary alicyclic amines) is 1. The van der Waals surface area contributed by atoms with Crippen molar-refractivity contribution >= 4 is 29.5 Å². The minimum Gasteiger partial charge on any atom is -0.391 e. The Labute approximate surface area is 204 Å². The second-order valence-electron chi connectivity index (χ2n) is 8.91. The number of carbonyl (C=O) groups excluding carboxylic acids is 2. The molecule has 34 heavy (non-hydrogen) atoms. The molecule has 1 aromatic carbocycles. The fraction of sp³-hybridized carbons (Fsp3) is 0.583. The Bertz CT molecular complexity index is 886. The van der Waals surface area contributed by atoms with Crippen LogP contribution in [0.3, 0.4) is 0 Å². The normalized spacial score (nSPS) is 23.4. The molecule has 0 bridgehead atoms. The number of hydrogen-bond donors (Lipinski definition) is 2. The van der Waals surface area contributed by atoms with Crippen LogP contribution in [0.4, 0.5) is 4.39 Å². The number of ether oxygens (including phenoxy) is 1. The zero-order chi connectivity index (χ0) is 24.7. The van der Waals surface area contributed by atoms with Gasteiger partial charge in [-0.1, -0.05) is 17.7 Å². The molecule has 2 heterocycles. The number of amides is 2. The minimum absolute atomic E-state index is 0.0157. The van der Waals surface area contributed by atoms with Gasteiger partial charge >= 0.3 is 0 Å². The highest BCUT2D eigenvalue weighted by atomic mass is 35.5. The third-order valence-corrected chi connectivity index (χ3v) is 6.64. The number of piperidine rings is 1. The number of aliphatic hydroxyl groups excluding tert-OH is 2. The Hall–Kier alpha value is -2.04. The maximum absolute atomic E-state index is 13.3. The van der Waals surface area contributed by atoms with Crippen LogP contribution in [-0.4, -0.2) is 108 Å². The topological polar surface area (TPSA) is 93.6 Å². The first-order valence-electron chi connectivity index (χ1n) is 11.5. The van der Waals surface area contributed by atoms with Crippen molar-refractivity contribution in [3.63, 3.8) is 0 Å². The van der Waals surface area contributed by atoms with Crippen molar-refractivity contribution in [2.75, 3.05) is 59.5 Å². The molecule has 2 amide bonds. The van der Waals surface area contributed by atoms with Crippen LogP contribution in [0.1, 0.15) is 18.4 Å². The van der Waals surface area contributed by atoms with E-state index < -0.39 is 18.0 Å². The first-order valence-corrected chi connectivity index (χ1v) is 11.9. The van der Waals surface area contributed by atoms with E-state index in [-0.39, 0.29) is 42.3 Å². The summed E-state index contributed by atoms with van der Waals surface area (Å²) in [6.45, 7) is 3.26. The Morgan fingerprint density at radius 1 is 1.29 bits per heavy atom. The summed E-state index contributed by atoms with van der Waals surface area (Å²) in [5.74, 6) is -0.778. The van der Waals surface area contributed by atoms with Crippen LogP contribution in [-0.2, 0) is 14.3 Å². The van der Waals surface area contributed by atoms with Crippen LogP contribution < -0.4 is 0 Å². The predicted molar refractivity (Wildman–Crippen MR) is 127 cm³/mol. The third-order valence-electron chi connectivity index (χ3n) is 6.35. The lowest BCUT2D eigenvalue weighted by atomic mass is 9.94. The van der Waals surface area contributed by atoms with Gasteiger partial charge in [-0.05, 0) is 36.7 Å². The average molecular weight is 498 g/mol. The molecule has 2 fully saturated rings. The van der Waals surface area contributed by atoms with Gasteiger partial charge in [-0.3, -0.25) is 14.5 Å². The number of aliphatic hydroxyl groups is 2. The highest BCUT2D eigenvalue weighted by Gasteiger charge is 2.30. The molecule has 0 saturated carbocycles. The minimum atomic E-state index is -0.750. The van der Waals surface area contributed by atoms with Crippen LogP contribution in [0, 0.1) is 11.7 Å². The molecule has 2 N–H and O–H groups in total. The molecule has 2 aliphatic rings. The summed E-state index contributed by atoms with van der Waals surface area (Å²) in [4.78, 5) is 30.3. The van der Waals surface area contributed by atoms with E-state index in [2.05, 4.69) is 0 Å². The number of benzene rings is 1. The molecule has 0 radical (unpaired) electrons. The number of methoxy groups -OCH3 is 1. The van der Waals surface area contributed by atoms with Crippen LogP contribution in [0.2, 0.25) is 5.02 Å². The molecular weight excluding hydrogens is 465 g/mol. The molecule has 1 aromatic rings. The lowest BCUT2D eigenvalue weighted by Gasteiger charge is -2.37. The summed E-state index contributed by atoms with van der Waals surface area (Å²) in [5, 5.41) is 20.8. The van der Waals surface area contributed by atoms with Crippen molar-refractivity contribution in [2.24, 2.45) is 5.92 Å². The van der Waals surface area contributed by atoms with E-state index in [0.717, 1.165) is 13.0 Å². The first-order chi connectivity index (χ1) is 16.3. The van der Waals surface area contributed by atoms with Gasteiger partial charge in [-0.25, -0.2) is 4.39 Å². The largest absolute Gasteiger partial charge is 0.391 e. The summed E-state index contributed by atoms with van der Waals surface area (Å²) in [7, 11) is 1.62. The molecule has 10 heteroatoms. The van der Waals surface area contributed by atoms with Gasteiger partial charge in [-0.2, -0.15) is 0 Å². The van der Waals surface area contributed by atoms with Crippen molar-refractivity contribution in [1.82, 2.24) is 14.7 Å². The summed E-state index contributed by atoms with van der Waals surface area (Å²) in [6, 6.07) is 4.21. The molecule has 0 aromatic heterocycles. The molecule has 8 nitrogen and oxygen atoms in total. The Morgan fingerprint density at radius 3 is 2.79 bits per heavy atom. The SMILES string of the molecule is COC[C@H]1CCN(C[C@H](O)CN2CCN(C(=O)/C=C/c3ccc(F)c(Cl)c3)CCC2=O)C[C@H]1O. The molecule has 0 aliphatic carbocycles. The van der Waals surface area contributed by atoms with E-state index in [9.17, 15) is 24.2 Å². The second-order valence-corrected chi connectivity index (χ2v) is 9.31. The van der Waals surface area contributed by atoms with Crippen LogP contribution >= 0.6 is 11.6 Å². The van der Waals surface area contributed by atoms with Crippen molar-refractivity contribution in [1.29, 1.82) is 0 Å². The maximum Gasteiger partial charge on any atom is 0.246 e. The van der Waals surface area contributed by atoms with Crippen molar-refractivity contribution < 1.29 is 28.9 Å². The van der Waals surface area contributed by atoms with Gasteiger partial charge in [0.1, 0.15) is 5.82 Å². The maximum atomic E-state index is 13.3. The smallest absolute Gasteiger partial charge is 0.246 e. The van der Waals surface area contributed by atoms with Crippen LogP contribution in [0.25, 0.3) is 6.08 Å². The molecule has 188 valence electrons. The zero-order valence-electron chi connectivity index (χ0n) is 19.4. The number of rotatable bonds is 8. The molecule has 2 aliphatic heterocycles. The van der Waals surface area contributed by atoms with E-state index in [1.54, 1.807) is 23.0 Å². The standard InChI is InChI=1S/C24H33ClFN3O5/c1-34-16-18-6-8-27(15-22(18)31)13-19(30)14-29-11-10-28(9-7-24(29)33)23(32)5-3-17-2-4-21(26)20(25)12-17/h2-5,12,18-19,22,30-31H,6-11,13-16H2,1H3/b5-3+/t18-,19+,22-/m1/s1. The summed E-state index contributed by atoms with van der Waals surface area (Å²) in [5.41, 5.74) is 0.603. The van der Waals surface area contributed by atoms with Crippen LogP contribution in [0.5, 0.6) is 0 Å². The van der Waals surface area contributed by atoms with E-state index in [1.807, 2.05) is 4.90 Å². The zero-order valence-corrected chi connectivity index (χ0v) is 20.2. The van der Waals surface area contributed by atoms with Crippen LogP contribution in [0.15, 0.2) is 24.3 Å². The quantitative estimate of drug-likeness (QED) is 0.525. The van der Waals surface area contributed by atoms with Gasteiger partial charge in [-0.15, -0.1) is 0 Å². The Morgan fingerprint density at radius 2 is 2.09 bits per heavy atom. The van der Waals surface area contributed by atoms with Gasteiger partial charge in [0.05, 0.1) is 23.8 Å². The van der Waals surface area contributed by atoms with Gasteiger partial charge in [0, 0.05) is 64.8 Å². The summed E-state index contributed by atoms with van der Waals surface area (Å²) >= 11 is 5.77. The van der Waals surface area contributed by atoms with Crippen molar-refractivity contribution in [3.05, 3.63) is 40.7 Å². The Balaban J connectivity index is 1.47. The fourth-order valence-corrected chi connectivity index (χ4v) is 4.59. The number of carbonyl (C=O) groups is 2. The Kier molecular flexibility index (Phi) is 9.85.